The predicted octanol–water partition coefficient (Wildman–Crippen LogP) is 6.79. The van der Waals surface area contributed by atoms with E-state index in [-0.39, 0.29) is 35.1 Å². The Labute approximate surface area is 238 Å². The summed E-state index contributed by atoms with van der Waals surface area (Å²) in [6.07, 6.45) is 4.96. The van der Waals surface area contributed by atoms with Gasteiger partial charge < -0.3 is 24.1 Å². The Morgan fingerprint density at radius 3 is 2.55 bits per heavy atom. The zero-order valence-electron chi connectivity index (χ0n) is 24.3. The normalized spacial score (nSPS) is 18.2. The van der Waals surface area contributed by atoms with Crippen molar-refractivity contribution in [2.24, 2.45) is 5.41 Å². The number of hydrogen-bond donors (Lipinski definition) is 1. The van der Waals surface area contributed by atoms with Gasteiger partial charge in [-0.2, -0.15) is 0 Å². The Bertz CT molecular complexity index is 1540. The number of carbonyl (C=O) groups is 2. The van der Waals surface area contributed by atoms with Crippen LogP contribution < -0.4 is 15.5 Å². The third-order valence-electron chi connectivity index (χ3n) is 7.64. The predicted molar refractivity (Wildman–Crippen MR) is 157 cm³/mol. The molecule has 2 aromatic heterocycles. The van der Waals surface area contributed by atoms with Crippen molar-refractivity contribution in [1.29, 1.82) is 0 Å². The minimum atomic E-state index is -0.607. The molecule has 1 N–H and O–H groups in total. The summed E-state index contributed by atoms with van der Waals surface area (Å²) >= 11 is 1.63. The monoisotopic (exact) mass is 566 g/mol. The number of aromatic nitrogens is 1. The second-order valence-electron chi connectivity index (χ2n) is 12.3. The van der Waals surface area contributed by atoms with Crippen LogP contribution >= 0.6 is 11.3 Å². The molecule has 0 spiro atoms. The van der Waals surface area contributed by atoms with Crippen LogP contribution in [0.5, 0.6) is 5.75 Å². The van der Waals surface area contributed by atoms with E-state index < -0.39 is 17.7 Å². The summed E-state index contributed by atoms with van der Waals surface area (Å²) < 4.78 is 18.8. The molecule has 1 atom stereocenters. The summed E-state index contributed by atoms with van der Waals surface area (Å²) in [5.41, 5.74) is 1.70. The number of amides is 1. The number of pyridine rings is 1. The van der Waals surface area contributed by atoms with Gasteiger partial charge in [0.2, 0.25) is 5.43 Å². The number of esters is 1. The van der Waals surface area contributed by atoms with Crippen LogP contribution in [-0.2, 0) is 15.9 Å². The maximum atomic E-state index is 13.4. The molecule has 0 saturated heterocycles. The number of carbonyl (C=O) groups excluding carboxylic acids is 2. The van der Waals surface area contributed by atoms with Crippen molar-refractivity contribution in [3.63, 3.8) is 0 Å². The van der Waals surface area contributed by atoms with Crippen molar-refractivity contribution in [2.75, 3.05) is 13.7 Å². The fourth-order valence-electron chi connectivity index (χ4n) is 5.47. The second-order valence-corrected chi connectivity index (χ2v) is 13.4. The zero-order chi connectivity index (χ0) is 29.0. The smallest absolute Gasteiger partial charge is 0.408 e. The maximum absolute atomic E-state index is 13.4. The Kier molecular flexibility index (Phi) is 7.23. The molecule has 1 aromatic carbocycles. The average Bonchev–Trinajstić information content (AvgIpc) is 3.62. The first-order chi connectivity index (χ1) is 18.8. The van der Waals surface area contributed by atoms with Crippen LogP contribution in [-0.4, -0.2) is 35.9 Å². The molecule has 1 fully saturated rings. The third-order valence-corrected chi connectivity index (χ3v) is 8.91. The van der Waals surface area contributed by atoms with E-state index in [2.05, 4.69) is 25.2 Å². The van der Waals surface area contributed by atoms with Gasteiger partial charge in [0.05, 0.1) is 30.7 Å². The van der Waals surface area contributed by atoms with Gasteiger partial charge in [-0.25, -0.2) is 9.59 Å². The molecule has 2 aliphatic carbocycles. The van der Waals surface area contributed by atoms with Gasteiger partial charge in [-0.05, 0) is 82.6 Å². The molecular formula is C31H38N2O6S. The van der Waals surface area contributed by atoms with Crippen molar-refractivity contribution < 1.29 is 23.8 Å². The molecule has 0 radical (unpaired) electrons. The lowest BCUT2D eigenvalue weighted by atomic mass is 9.73. The number of thiophene rings is 1. The van der Waals surface area contributed by atoms with Gasteiger partial charge in [-0.1, -0.05) is 13.8 Å². The molecule has 9 heteroatoms. The third kappa shape index (κ3) is 5.23. The molecule has 1 unspecified atom stereocenters. The largest absolute Gasteiger partial charge is 0.494 e. The van der Waals surface area contributed by atoms with E-state index in [0.29, 0.717) is 16.7 Å². The molecule has 214 valence electrons. The van der Waals surface area contributed by atoms with Crippen molar-refractivity contribution in [1.82, 2.24) is 9.88 Å². The Morgan fingerprint density at radius 2 is 1.93 bits per heavy atom. The number of nitrogens with zero attached hydrogens (tertiary/aromatic N) is 1. The van der Waals surface area contributed by atoms with Crippen LogP contribution in [0.3, 0.4) is 0 Å². The van der Waals surface area contributed by atoms with Crippen molar-refractivity contribution in [3.8, 4) is 16.2 Å². The van der Waals surface area contributed by atoms with E-state index in [1.807, 2.05) is 31.4 Å². The van der Waals surface area contributed by atoms with Gasteiger partial charge in [-0.15, -0.1) is 11.3 Å². The fourth-order valence-corrected chi connectivity index (χ4v) is 6.97. The van der Waals surface area contributed by atoms with Crippen LogP contribution in [0.1, 0.15) is 93.7 Å². The lowest BCUT2D eigenvalue weighted by molar-refractivity contribution is 0.0445. The number of rotatable bonds is 6. The molecule has 1 amide bonds. The molecule has 8 nitrogen and oxygen atoms in total. The van der Waals surface area contributed by atoms with Gasteiger partial charge in [0.15, 0.2) is 5.75 Å². The topological polar surface area (TPSA) is 95.9 Å². The van der Waals surface area contributed by atoms with E-state index in [0.717, 1.165) is 41.0 Å². The fraction of sp³-hybridized carbons (Fsp3) is 0.516. The van der Waals surface area contributed by atoms with Gasteiger partial charge in [0.1, 0.15) is 11.2 Å². The highest BCUT2D eigenvalue weighted by Gasteiger charge is 2.40. The van der Waals surface area contributed by atoms with Gasteiger partial charge in [0, 0.05) is 27.6 Å². The van der Waals surface area contributed by atoms with E-state index in [4.69, 9.17) is 14.2 Å². The highest BCUT2D eigenvalue weighted by Crippen LogP contribution is 2.51. The van der Waals surface area contributed by atoms with Gasteiger partial charge >= 0.3 is 12.1 Å². The lowest BCUT2D eigenvalue weighted by Gasteiger charge is -2.39. The molecule has 2 aliphatic rings. The second kappa shape index (κ2) is 10.3. The number of ether oxygens (including phenoxy) is 3. The number of aryl methyl sites for hydroxylation is 1. The summed E-state index contributed by atoms with van der Waals surface area (Å²) in [5.74, 6) is -0.00432. The Balaban J connectivity index is 1.62. The molecule has 3 aromatic rings. The highest BCUT2D eigenvalue weighted by molar-refractivity contribution is 7.15. The first-order valence-corrected chi connectivity index (χ1v) is 14.7. The number of methoxy groups -OCH3 is 1. The number of alkyl carbamates (subject to hydrolysis) is 1. The van der Waals surface area contributed by atoms with Gasteiger partial charge in [-0.3, -0.25) is 4.79 Å². The van der Waals surface area contributed by atoms with Crippen LogP contribution in [0.15, 0.2) is 29.2 Å². The van der Waals surface area contributed by atoms with Crippen LogP contribution in [0.2, 0.25) is 0 Å². The summed E-state index contributed by atoms with van der Waals surface area (Å²) in [4.78, 5) is 40.9. The van der Waals surface area contributed by atoms with E-state index in [9.17, 15) is 14.4 Å². The number of nitrogens with one attached hydrogen (secondary N) is 1. The van der Waals surface area contributed by atoms with Crippen LogP contribution in [0, 0.1) is 5.41 Å². The molecule has 5 rings (SSSR count). The standard InChI is InChI=1S/C31H38N2O6S/c1-8-38-28(35)21-16-33(18-9-10-18)23-20(24(21)34)12-11-19(25(23)37-7)22-15-17-13-14-31(5,6)27(26(17)40-22)32-29(36)39-30(2,3)4/h11-12,15-16,18,27H,8-10,13-14H2,1-7H3,(H,32,36). The molecule has 2 heterocycles. The SMILES string of the molecule is CCOC(=O)c1cn(C2CC2)c2c(OC)c(-c3cc4c(s3)C(NC(=O)OC(C)(C)C)C(C)(C)CC4)ccc2c1=O. The van der Waals surface area contributed by atoms with Crippen LogP contribution in [0.4, 0.5) is 4.79 Å². The van der Waals surface area contributed by atoms with E-state index in [1.165, 1.54) is 5.56 Å². The Morgan fingerprint density at radius 1 is 1.20 bits per heavy atom. The quantitative estimate of drug-likeness (QED) is 0.330. The molecule has 1 saturated carbocycles. The summed E-state index contributed by atoms with van der Waals surface area (Å²) in [7, 11) is 1.61. The van der Waals surface area contributed by atoms with Gasteiger partial charge in [0.25, 0.3) is 0 Å². The average molecular weight is 567 g/mol. The van der Waals surface area contributed by atoms with E-state index in [1.54, 1.807) is 37.6 Å². The van der Waals surface area contributed by atoms with Crippen molar-refractivity contribution in [3.05, 3.63) is 50.6 Å². The number of hydrogen-bond acceptors (Lipinski definition) is 7. The number of fused-ring (bicyclic) bond motifs is 2. The lowest BCUT2D eigenvalue weighted by Crippen LogP contribution is -2.42. The summed E-state index contributed by atoms with van der Waals surface area (Å²) in [6.45, 7) is 11.8. The molecule has 0 aliphatic heterocycles. The summed E-state index contributed by atoms with van der Waals surface area (Å²) in [6, 6.07) is 5.85. The van der Waals surface area contributed by atoms with E-state index >= 15 is 0 Å². The van der Waals surface area contributed by atoms with Crippen molar-refractivity contribution >= 4 is 34.3 Å². The maximum Gasteiger partial charge on any atom is 0.408 e. The molecule has 40 heavy (non-hydrogen) atoms. The minimum absolute atomic E-state index is 0.0425. The first-order valence-electron chi connectivity index (χ1n) is 13.9. The first kappa shape index (κ1) is 28.2. The number of benzene rings is 1. The Hall–Kier alpha value is -3.33. The molecule has 0 bridgehead atoms. The van der Waals surface area contributed by atoms with Crippen molar-refractivity contribution in [2.45, 2.75) is 84.9 Å². The highest BCUT2D eigenvalue weighted by atomic mass is 32.1. The zero-order valence-corrected chi connectivity index (χ0v) is 25.1. The molecular weight excluding hydrogens is 528 g/mol. The summed E-state index contributed by atoms with van der Waals surface area (Å²) in [5, 5.41) is 3.58. The van der Waals surface area contributed by atoms with Crippen LogP contribution in [0.25, 0.3) is 21.3 Å². The minimum Gasteiger partial charge on any atom is -0.494 e.